The van der Waals surface area contributed by atoms with Gasteiger partial charge in [-0.25, -0.2) is 0 Å². The van der Waals surface area contributed by atoms with Gasteiger partial charge >= 0.3 is 6.18 Å². The Morgan fingerprint density at radius 1 is 1.05 bits per heavy atom. The maximum atomic E-state index is 12.5. The Hall–Kier alpha value is -1.29. The molecule has 4 heteroatoms. The van der Waals surface area contributed by atoms with Gasteiger partial charge in [0.05, 0.1) is 5.56 Å². The van der Waals surface area contributed by atoms with E-state index >= 15 is 0 Å². The minimum Gasteiger partial charge on any atom is -0.381 e. The Morgan fingerprint density at radius 2 is 1.70 bits per heavy atom. The molecule has 3 rings (SSSR count). The van der Waals surface area contributed by atoms with Crippen LogP contribution in [0.3, 0.4) is 0 Å². The van der Waals surface area contributed by atoms with Crippen LogP contribution in [0.15, 0.2) is 35.9 Å². The van der Waals surface area contributed by atoms with Crippen molar-refractivity contribution in [1.29, 1.82) is 0 Å². The average Bonchev–Trinajstić information content (AvgIpc) is 3.18. The molecule has 0 radical (unpaired) electrons. The lowest BCUT2D eigenvalue weighted by atomic mass is 9.99. The smallest absolute Gasteiger partial charge is 0.381 e. The molecule has 1 saturated carbocycles. The van der Waals surface area contributed by atoms with E-state index in [-0.39, 0.29) is 0 Å². The van der Waals surface area contributed by atoms with Gasteiger partial charge in [-0.05, 0) is 42.9 Å². The molecular weight excluding hydrogens is 265 g/mol. The topological polar surface area (TPSA) is 9.23 Å². The number of alkyl halides is 3. The maximum Gasteiger partial charge on any atom is 0.416 e. The van der Waals surface area contributed by atoms with E-state index in [1.807, 2.05) is 0 Å². The van der Waals surface area contributed by atoms with Crippen molar-refractivity contribution in [3.05, 3.63) is 47.0 Å². The van der Waals surface area contributed by atoms with Crippen LogP contribution < -0.4 is 0 Å². The number of halogens is 3. The largest absolute Gasteiger partial charge is 0.416 e. The molecule has 108 valence electrons. The Labute approximate surface area is 116 Å². The fourth-order valence-corrected chi connectivity index (χ4v) is 2.78. The van der Waals surface area contributed by atoms with Crippen LogP contribution in [0.4, 0.5) is 13.2 Å². The van der Waals surface area contributed by atoms with Crippen LogP contribution >= 0.6 is 0 Å². The third-order valence-corrected chi connectivity index (χ3v) is 4.08. The first-order valence-electron chi connectivity index (χ1n) is 6.99. The van der Waals surface area contributed by atoms with Crippen LogP contribution in [-0.2, 0) is 10.9 Å². The Bertz CT molecular complexity index is 495. The second kappa shape index (κ2) is 5.24. The molecule has 0 spiro atoms. The molecule has 1 aliphatic heterocycles. The highest BCUT2D eigenvalue weighted by Gasteiger charge is 2.34. The zero-order chi connectivity index (χ0) is 14.2. The SMILES string of the molecule is FC(F)(F)c1ccc([C@@H]2C/C2=C/C2CCOCC2)cc1. The van der Waals surface area contributed by atoms with Gasteiger partial charge in [0.2, 0.25) is 0 Å². The van der Waals surface area contributed by atoms with Gasteiger partial charge in [-0.3, -0.25) is 0 Å². The van der Waals surface area contributed by atoms with Gasteiger partial charge in [0.1, 0.15) is 0 Å². The number of hydrogen-bond acceptors (Lipinski definition) is 1. The lowest BCUT2D eigenvalue weighted by Crippen LogP contribution is -2.13. The van der Waals surface area contributed by atoms with Crippen LogP contribution in [0, 0.1) is 5.92 Å². The molecule has 20 heavy (non-hydrogen) atoms. The van der Waals surface area contributed by atoms with Crippen molar-refractivity contribution < 1.29 is 17.9 Å². The second-order valence-electron chi connectivity index (χ2n) is 5.57. The highest BCUT2D eigenvalue weighted by Crippen LogP contribution is 2.48. The van der Waals surface area contributed by atoms with Crippen molar-refractivity contribution in [1.82, 2.24) is 0 Å². The molecule has 1 aromatic carbocycles. The fraction of sp³-hybridized carbons (Fsp3) is 0.500. The number of ether oxygens (including phenoxy) is 1. The third kappa shape index (κ3) is 3.06. The van der Waals surface area contributed by atoms with Crippen LogP contribution in [0.1, 0.15) is 36.3 Å². The number of benzene rings is 1. The number of rotatable bonds is 2. The van der Waals surface area contributed by atoms with Crippen molar-refractivity contribution in [2.75, 3.05) is 13.2 Å². The van der Waals surface area contributed by atoms with Crippen LogP contribution in [0.2, 0.25) is 0 Å². The summed E-state index contributed by atoms with van der Waals surface area (Å²) < 4.78 is 42.8. The first kappa shape index (κ1) is 13.7. The first-order valence-corrected chi connectivity index (χ1v) is 6.99. The first-order chi connectivity index (χ1) is 9.54. The lowest BCUT2D eigenvalue weighted by Gasteiger charge is -2.18. The summed E-state index contributed by atoms with van der Waals surface area (Å²) in [7, 11) is 0. The minimum absolute atomic E-state index is 0.333. The standard InChI is InChI=1S/C16H17F3O/c17-16(18,19)14-3-1-12(2-4-14)15-10-13(15)9-11-5-7-20-8-6-11/h1-4,9,11,15H,5-8,10H2/b13-9-/t15-/m0/s1. The molecule has 1 atom stereocenters. The van der Waals surface area contributed by atoms with E-state index in [1.54, 1.807) is 12.1 Å². The molecule has 0 unspecified atom stereocenters. The molecule has 0 amide bonds. The summed E-state index contributed by atoms with van der Waals surface area (Å²) in [5, 5.41) is 0. The summed E-state index contributed by atoms with van der Waals surface area (Å²) in [6, 6.07) is 5.58. The molecule has 0 bridgehead atoms. The quantitative estimate of drug-likeness (QED) is 0.723. The van der Waals surface area contributed by atoms with Crippen molar-refractivity contribution in [3.63, 3.8) is 0 Å². The van der Waals surface area contributed by atoms with E-state index in [0.717, 1.165) is 38.0 Å². The summed E-state index contributed by atoms with van der Waals surface area (Å²) in [5.74, 6) is 0.915. The lowest BCUT2D eigenvalue weighted by molar-refractivity contribution is -0.137. The van der Waals surface area contributed by atoms with Gasteiger partial charge in [-0.1, -0.05) is 23.8 Å². The van der Waals surface area contributed by atoms with Crippen LogP contribution in [0.25, 0.3) is 0 Å². The van der Waals surface area contributed by atoms with E-state index in [2.05, 4.69) is 6.08 Å². The van der Waals surface area contributed by atoms with Crippen molar-refractivity contribution >= 4 is 0 Å². The molecule has 0 N–H and O–H groups in total. The Balaban J connectivity index is 1.65. The molecule has 0 aromatic heterocycles. The summed E-state index contributed by atoms with van der Waals surface area (Å²) >= 11 is 0. The molecule has 2 fully saturated rings. The number of allylic oxidation sites excluding steroid dienone is 2. The molecule has 1 nitrogen and oxygen atoms in total. The van der Waals surface area contributed by atoms with E-state index in [1.165, 1.54) is 17.7 Å². The molecule has 1 saturated heterocycles. The summed E-state index contributed by atoms with van der Waals surface area (Å²) in [6.45, 7) is 1.64. The predicted octanol–water partition coefficient (Wildman–Crippen LogP) is 4.55. The Kier molecular flexibility index (Phi) is 3.59. The summed E-state index contributed by atoms with van der Waals surface area (Å²) in [4.78, 5) is 0. The van der Waals surface area contributed by atoms with Gasteiger partial charge < -0.3 is 4.74 Å². The van der Waals surface area contributed by atoms with Crippen molar-refractivity contribution in [3.8, 4) is 0 Å². The van der Waals surface area contributed by atoms with Crippen molar-refractivity contribution in [2.24, 2.45) is 5.92 Å². The minimum atomic E-state index is -4.25. The molecule has 2 aliphatic rings. The summed E-state index contributed by atoms with van der Waals surface area (Å²) in [6.07, 6.45) is 1.17. The average molecular weight is 282 g/mol. The van der Waals surface area contributed by atoms with Crippen LogP contribution in [-0.4, -0.2) is 13.2 Å². The Morgan fingerprint density at radius 3 is 2.30 bits per heavy atom. The monoisotopic (exact) mass is 282 g/mol. The van der Waals surface area contributed by atoms with Gasteiger partial charge in [0.15, 0.2) is 0 Å². The fourth-order valence-electron chi connectivity index (χ4n) is 2.78. The van der Waals surface area contributed by atoms with Crippen molar-refractivity contribution in [2.45, 2.75) is 31.4 Å². The molecule has 1 aliphatic carbocycles. The predicted molar refractivity (Wildman–Crippen MR) is 70.4 cm³/mol. The highest BCUT2D eigenvalue weighted by atomic mass is 19.4. The highest BCUT2D eigenvalue weighted by molar-refractivity contribution is 5.42. The van der Waals surface area contributed by atoms with Gasteiger partial charge in [-0.2, -0.15) is 13.2 Å². The normalized spacial score (nSPS) is 25.9. The third-order valence-electron chi connectivity index (χ3n) is 4.08. The van der Waals surface area contributed by atoms with Crippen LogP contribution in [0.5, 0.6) is 0 Å². The van der Waals surface area contributed by atoms with Gasteiger partial charge in [0.25, 0.3) is 0 Å². The van der Waals surface area contributed by atoms with Gasteiger partial charge in [0, 0.05) is 19.1 Å². The zero-order valence-electron chi connectivity index (χ0n) is 11.1. The number of hydrogen-bond donors (Lipinski definition) is 0. The van der Waals surface area contributed by atoms with E-state index < -0.39 is 11.7 Å². The van der Waals surface area contributed by atoms with E-state index in [0.29, 0.717) is 11.8 Å². The molecule has 1 heterocycles. The van der Waals surface area contributed by atoms with E-state index in [4.69, 9.17) is 4.74 Å². The van der Waals surface area contributed by atoms with Gasteiger partial charge in [-0.15, -0.1) is 0 Å². The van der Waals surface area contributed by atoms with E-state index in [9.17, 15) is 13.2 Å². The zero-order valence-corrected chi connectivity index (χ0v) is 11.1. The second-order valence-corrected chi connectivity index (χ2v) is 5.57. The molecule has 1 aromatic rings. The summed E-state index contributed by atoms with van der Waals surface area (Å²) in [5.41, 5.74) is 1.80. The molecular formula is C16H17F3O. The maximum absolute atomic E-state index is 12.5.